The maximum absolute atomic E-state index is 14.2. The zero-order valence-electron chi connectivity index (χ0n) is 41.5. The van der Waals surface area contributed by atoms with Crippen molar-refractivity contribution < 1.29 is 119 Å². The van der Waals surface area contributed by atoms with Crippen molar-refractivity contribution in [2.45, 2.75) is 94.2 Å². The molecule has 7 aromatic rings. The lowest BCUT2D eigenvalue weighted by atomic mass is 9.12. The lowest BCUT2D eigenvalue weighted by Crippen LogP contribution is -2.75. The Morgan fingerprint density at radius 2 is 0.699 bits per heavy atom. The highest BCUT2D eigenvalue weighted by molar-refractivity contribution is 7.20. The molecule has 0 unspecified atom stereocenters. The summed E-state index contributed by atoms with van der Waals surface area (Å²) in [7, 11) is 0. The van der Waals surface area contributed by atoms with Gasteiger partial charge < -0.3 is 4.74 Å². The Labute approximate surface area is 453 Å². The van der Waals surface area contributed by atoms with Gasteiger partial charge in [-0.1, -0.05) is 67.1 Å². The number of hydrogen-bond acceptors (Lipinski definition) is 2. The smallest absolute Gasteiger partial charge is 0.416 e. The van der Waals surface area contributed by atoms with Gasteiger partial charge in [0.05, 0.1) is 50.6 Å². The second kappa shape index (κ2) is 22.6. The van der Waals surface area contributed by atoms with Gasteiger partial charge in [-0.2, -0.15) is 132 Å². The van der Waals surface area contributed by atoms with Crippen molar-refractivity contribution >= 4 is 44.7 Å². The fourth-order valence-corrected chi connectivity index (χ4v) is 9.77. The van der Waals surface area contributed by atoms with Crippen molar-refractivity contribution in [3.8, 4) is 5.75 Å². The van der Waals surface area contributed by atoms with Crippen LogP contribution in [0.3, 0.4) is 0 Å². The molecular weight excluding hydrogens is 1170 g/mol. The molecule has 0 aliphatic heterocycles. The highest BCUT2D eigenvalue weighted by Crippen LogP contribution is 2.42. The van der Waals surface area contributed by atoms with E-state index in [0.29, 0.717) is 12.6 Å². The molecule has 0 bridgehead atoms. The molecular formula is C55H36BF24NO2. The summed E-state index contributed by atoms with van der Waals surface area (Å²) < 4.78 is 349. The average molecular weight is 1210 g/mol. The third kappa shape index (κ3) is 14.7. The first kappa shape index (κ1) is 63.2. The van der Waals surface area contributed by atoms with Gasteiger partial charge in [0, 0.05) is 23.1 Å². The molecule has 8 rings (SSSR count). The predicted molar refractivity (Wildman–Crippen MR) is 252 cm³/mol. The zero-order chi connectivity index (χ0) is 61.7. The van der Waals surface area contributed by atoms with Crippen LogP contribution in [0.1, 0.15) is 87.0 Å². The lowest BCUT2D eigenvalue weighted by Gasteiger charge is -2.46. The van der Waals surface area contributed by atoms with E-state index in [9.17, 15) is 110 Å². The number of hydrogen-bond donors (Lipinski definition) is 0. The number of fused-ring (bicyclic) bond motifs is 1. The summed E-state index contributed by atoms with van der Waals surface area (Å²) in [4.78, 5) is 12.7. The van der Waals surface area contributed by atoms with E-state index in [-0.39, 0.29) is 5.78 Å². The van der Waals surface area contributed by atoms with Crippen LogP contribution in [0.5, 0.6) is 5.75 Å². The van der Waals surface area contributed by atoms with Crippen molar-refractivity contribution in [3.63, 3.8) is 0 Å². The Balaban J connectivity index is 0.000000313. The summed E-state index contributed by atoms with van der Waals surface area (Å²) >= 11 is 0. The van der Waals surface area contributed by atoms with Gasteiger partial charge in [0.1, 0.15) is 11.9 Å². The first-order valence-electron chi connectivity index (χ1n) is 24.1. The van der Waals surface area contributed by atoms with Crippen LogP contribution < -0.4 is 31.2 Å². The number of alkyl halides is 24. The summed E-state index contributed by atoms with van der Waals surface area (Å²) in [5.41, 5.74) is -28.4. The monoisotopic (exact) mass is 1210 g/mol. The van der Waals surface area contributed by atoms with Crippen molar-refractivity contribution in [1.82, 2.24) is 0 Å². The molecule has 0 radical (unpaired) electrons. The van der Waals surface area contributed by atoms with Crippen LogP contribution in [0.25, 0.3) is 10.9 Å². The fraction of sp³-hybridized carbons (Fsp3) is 0.273. The Morgan fingerprint density at radius 3 is 1.01 bits per heavy atom. The lowest BCUT2D eigenvalue weighted by molar-refractivity contribution is -0.657. The standard InChI is InChI=1S/C32H12BF24.C23H24NO2/c34-25(35,36)13-1-14(26(37,38)39)6-21(5-13)33(22-7-15(27(40,41)42)2-16(8-22)28(43,44)45,23-9-17(29(46,47)48)3-18(10-23)30(49,50)51)24-11-19(31(52,53)54)4-20(12-24)32(55,56)57;25-23(17-24-16-6-8-18-7-4-5-11-22(18)24)19-12-14-21(15-13-19)26-20-9-2-1-3-10-20/h1-12H;4-8,11-16,20H,1-3,9-10,17H2/q-1;+1. The van der Waals surface area contributed by atoms with E-state index < -0.39 is 195 Å². The van der Waals surface area contributed by atoms with Gasteiger partial charge in [-0.15, -0.1) is 0 Å². The Hall–Kier alpha value is -7.42. The maximum Gasteiger partial charge on any atom is 0.416 e. The van der Waals surface area contributed by atoms with Crippen LogP contribution in [0.4, 0.5) is 105 Å². The minimum absolute atomic E-state index is 0.107. The second-order valence-electron chi connectivity index (χ2n) is 19.2. The molecule has 1 heterocycles. The molecule has 1 saturated carbocycles. The molecule has 0 amide bonds. The summed E-state index contributed by atoms with van der Waals surface area (Å²) in [6.07, 6.45) is -46.4. The van der Waals surface area contributed by atoms with Crippen molar-refractivity contribution in [3.05, 3.63) is 190 Å². The molecule has 0 spiro atoms. The van der Waals surface area contributed by atoms with E-state index >= 15 is 0 Å². The fourth-order valence-electron chi connectivity index (χ4n) is 9.77. The number of ketones is 1. The van der Waals surface area contributed by atoms with Crippen LogP contribution in [0.15, 0.2) is 140 Å². The molecule has 1 fully saturated rings. The minimum atomic E-state index is -6.13. The van der Waals surface area contributed by atoms with Gasteiger partial charge in [-0.25, -0.2) is 0 Å². The number of ether oxygens (including phenoxy) is 1. The van der Waals surface area contributed by atoms with Crippen LogP contribution in [0.2, 0.25) is 0 Å². The largest absolute Gasteiger partial charge is 0.490 e. The Bertz CT molecular complexity index is 3030. The minimum Gasteiger partial charge on any atom is -0.490 e. The molecule has 1 aliphatic carbocycles. The predicted octanol–water partition coefficient (Wildman–Crippen LogP) is 15.9. The number of carbonyl (C=O) groups excluding carboxylic acids is 1. The topological polar surface area (TPSA) is 30.2 Å². The number of para-hydroxylation sites is 1. The first-order chi connectivity index (χ1) is 38.1. The van der Waals surface area contributed by atoms with E-state index in [1.54, 1.807) is 0 Å². The summed E-state index contributed by atoms with van der Waals surface area (Å²) in [5, 5.41) is 1.14. The van der Waals surface area contributed by atoms with E-state index in [1.165, 1.54) is 19.3 Å². The molecule has 1 aromatic heterocycles. The number of pyridine rings is 1. The summed E-state index contributed by atoms with van der Waals surface area (Å²) in [5.74, 6) is 0.974. The normalized spacial score (nSPS) is 14.6. The SMILES string of the molecule is FC(F)(F)c1cc([B-](c2cc(C(F)(F)F)cc(C(F)(F)F)c2)(c2cc(C(F)(F)F)cc(C(F)(F)F)c2)c2cc(C(F)(F)F)cc(C(F)(F)F)c2)cc(C(F)(F)F)c1.O=C(C[n+]1cccc2ccccc21)c1ccc(OC2CCCCC2)cc1. The molecule has 444 valence electrons. The van der Waals surface area contributed by atoms with Crippen LogP contribution in [0, 0.1) is 0 Å². The van der Waals surface area contributed by atoms with Gasteiger partial charge in [0.15, 0.2) is 6.20 Å². The maximum atomic E-state index is 14.2. The quantitative estimate of drug-likeness (QED) is 0.0624. The Morgan fingerprint density at radius 1 is 0.398 bits per heavy atom. The molecule has 3 nitrogen and oxygen atoms in total. The van der Waals surface area contributed by atoms with Crippen molar-refractivity contribution in [1.29, 1.82) is 0 Å². The first-order valence-corrected chi connectivity index (χ1v) is 24.1. The third-order valence-corrected chi connectivity index (χ3v) is 13.6. The molecule has 6 aromatic carbocycles. The summed E-state index contributed by atoms with van der Waals surface area (Å²) in [6, 6.07) is 11.0. The van der Waals surface area contributed by atoms with E-state index in [4.69, 9.17) is 4.74 Å². The Kier molecular flexibility index (Phi) is 17.2. The number of nitrogens with zero attached hydrogens (tertiary/aromatic N) is 1. The molecule has 28 heteroatoms. The van der Waals surface area contributed by atoms with Crippen molar-refractivity contribution in [2.75, 3.05) is 0 Å². The molecule has 0 atom stereocenters. The summed E-state index contributed by atoms with van der Waals surface area (Å²) in [6.45, 7) is 0.337. The van der Waals surface area contributed by atoms with Gasteiger partial charge in [0.25, 0.3) is 0 Å². The van der Waals surface area contributed by atoms with Gasteiger partial charge in [0.2, 0.25) is 17.8 Å². The van der Waals surface area contributed by atoms with E-state index in [0.717, 1.165) is 35.1 Å². The van der Waals surface area contributed by atoms with Crippen LogP contribution in [-0.4, -0.2) is 18.0 Å². The highest BCUT2D eigenvalue weighted by Gasteiger charge is 2.47. The van der Waals surface area contributed by atoms with Crippen molar-refractivity contribution in [2.24, 2.45) is 0 Å². The van der Waals surface area contributed by atoms with Gasteiger partial charge in [-0.05, 0) is 86.3 Å². The average Bonchev–Trinajstić information content (AvgIpc) is 1.24. The second-order valence-corrected chi connectivity index (χ2v) is 19.2. The number of aromatic nitrogens is 1. The third-order valence-electron chi connectivity index (χ3n) is 13.6. The number of benzene rings is 6. The van der Waals surface area contributed by atoms with E-state index in [2.05, 4.69) is 12.1 Å². The van der Waals surface area contributed by atoms with E-state index in [1.807, 2.05) is 59.3 Å². The molecule has 1 aliphatic rings. The van der Waals surface area contributed by atoms with Crippen LogP contribution in [-0.2, 0) is 56.0 Å². The molecule has 0 saturated heterocycles. The van der Waals surface area contributed by atoms with Gasteiger partial charge >= 0.3 is 49.4 Å². The van der Waals surface area contributed by atoms with Gasteiger partial charge in [-0.3, -0.25) is 4.79 Å². The number of halogens is 24. The number of Topliss-reactive ketones (excluding diaryl/α,β-unsaturated/α-hetero) is 1. The number of rotatable bonds is 9. The molecule has 83 heavy (non-hydrogen) atoms. The molecule has 0 N–H and O–H groups in total. The van der Waals surface area contributed by atoms with Crippen LogP contribution >= 0.6 is 0 Å². The zero-order valence-corrected chi connectivity index (χ0v) is 41.5. The highest BCUT2D eigenvalue weighted by atomic mass is 19.4. The number of carbonyl (C=O) groups is 1.